The highest BCUT2D eigenvalue weighted by Gasteiger charge is 2.19. The lowest BCUT2D eigenvalue weighted by Crippen LogP contribution is -2.44. The fraction of sp³-hybridized carbons (Fsp3) is 0.444. The number of nitrogens with zero attached hydrogens (tertiary/aromatic N) is 3. The van der Waals surface area contributed by atoms with Crippen LogP contribution in [0.2, 0.25) is 0 Å². The van der Waals surface area contributed by atoms with Crippen molar-refractivity contribution in [1.29, 1.82) is 0 Å². The van der Waals surface area contributed by atoms with Crippen molar-refractivity contribution in [3.8, 4) is 11.4 Å². The quantitative estimate of drug-likeness (QED) is 0.945. The Kier molecular flexibility index (Phi) is 4.39. The molecule has 1 fully saturated rings. The van der Waals surface area contributed by atoms with Crippen molar-refractivity contribution < 1.29 is 0 Å². The van der Waals surface area contributed by atoms with Gasteiger partial charge in [-0.25, -0.2) is 9.97 Å². The maximum absolute atomic E-state index is 4.95. The first-order valence-electron chi connectivity index (χ1n) is 8.10. The molecule has 1 N–H and O–H groups in total. The SMILES string of the molecule is CCc1c(C)nc(-c2ccccc2C)nc1N1CCNCC1. The summed E-state index contributed by atoms with van der Waals surface area (Å²) in [6.07, 6.45) is 0.971. The molecule has 0 radical (unpaired) electrons. The average molecular weight is 296 g/mol. The largest absolute Gasteiger partial charge is 0.354 e. The number of benzene rings is 1. The minimum atomic E-state index is 0.848. The van der Waals surface area contributed by atoms with Gasteiger partial charge in [0.05, 0.1) is 0 Å². The van der Waals surface area contributed by atoms with E-state index in [1.165, 1.54) is 11.1 Å². The molecule has 22 heavy (non-hydrogen) atoms. The maximum atomic E-state index is 4.95. The van der Waals surface area contributed by atoms with Gasteiger partial charge in [0, 0.05) is 43.0 Å². The van der Waals surface area contributed by atoms with E-state index in [4.69, 9.17) is 9.97 Å². The van der Waals surface area contributed by atoms with Crippen LogP contribution in [0.3, 0.4) is 0 Å². The molecule has 2 aromatic rings. The summed E-state index contributed by atoms with van der Waals surface area (Å²) < 4.78 is 0. The summed E-state index contributed by atoms with van der Waals surface area (Å²) in [7, 11) is 0. The second kappa shape index (κ2) is 6.44. The van der Waals surface area contributed by atoms with E-state index in [1.54, 1.807) is 0 Å². The minimum absolute atomic E-state index is 0.848. The molecule has 1 saturated heterocycles. The van der Waals surface area contributed by atoms with Crippen LogP contribution in [0.15, 0.2) is 24.3 Å². The highest BCUT2D eigenvalue weighted by atomic mass is 15.2. The number of aromatic nitrogens is 2. The molecule has 4 heteroatoms. The molecule has 1 aromatic heterocycles. The topological polar surface area (TPSA) is 41.1 Å². The molecule has 0 atom stereocenters. The molecular formula is C18H24N4. The van der Waals surface area contributed by atoms with E-state index < -0.39 is 0 Å². The number of piperazine rings is 1. The van der Waals surface area contributed by atoms with E-state index in [0.717, 1.165) is 55.5 Å². The number of nitrogens with one attached hydrogen (secondary N) is 1. The Hall–Kier alpha value is -1.94. The molecule has 3 rings (SSSR count). The highest BCUT2D eigenvalue weighted by Crippen LogP contribution is 2.27. The van der Waals surface area contributed by atoms with Gasteiger partial charge in [0.15, 0.2) is 5.82 Å². The molecular weight excluding hydrogens is 272 g/mol. The van der Waals surface area contributed by atoms with Gasteiger partial charge in [-0.2, -0.15) is 0 Å². The zero-order valence-electron chi connectivity index (χ0n) is 13.7. The molecule has 0 aliphatic carbocycles. The van der Waals surface area contributed by atoms with Crippen LogP contribution in [0.4, 0.5) is 5.82 Å². The summed E-state index contributed by atoms with van der Waals surface area (Å²) in [4.78, 5) is 12.1. The normalized spacial score (nSPS) is 15.1. The van der Waals surface area contributed by atoms with Crippen LogP contribution in [0, 0.1) is 13.8 Å². The second-order valence-electron chi connectivity index (χ2n) is 5.84. The predicted octanol–water partition coefficient (Wildman–Crippen LogP) is 2.73. The van der Waals surface area contributed by atoms with Crippen LogP contribution < -0.4 is 10.2 Å². The summed E-state index contributed by atoms with van der Waals surface area (Å²) in [6.45, 7) is 10.5. The van der Waals surface area contributed by atoms with Crippen molar-refractivity contribution in [2.75, 3.05) is 31.1 Å². The summed E-state index contributed by atoms with van der Waals surface area (Å²) in [5.41, 5.74) is 4.73. The third-order valence-corrected chi connectivity index (χ3v) is 4.35. The first kappa shape index (κ1) is 15.0. The van der Waals surface area contributed by atoms with Gasteiger partial charge in [-0.15, -0.1) is 0 Å². The number of aryl methyl sites for hydroxylation is 2. The van der Waals surface area contributed by atoms with E-state index in [9.17, 15) is 0 Å². The molecule has 2 heterocycles. The van der Waals surface area contributed by atoms with Gasteiger partial charge in [-0.05, 0) is 25.8 Å². The zero-order valence-corrected chi connectivity index (χ0v) is 13.7. The Labute approximate surface area is 132 Å². The monoisotopic (exact) mass is 296 g/mol. The maximum Gasteiger partial charge on any atom is 0.162 e. The lowest BCUT2D eigenvalue weighted by molar-refractivity contribution is 0.582. The fourth-order valence-corrected chi connectivity index (χ4v) is 3.08. The van der Waals surface area contributed by atoms with Crippen LogP contribution in [0.1, 0.15) is 23.7 Å². The predicted molar refractivity (Wildman–Crippen MR) is 91.4 cm³/mol. The van der Waals surface area contributed by atoms with Crippen molar-refractivity contribution in [3.05, 3.63) is 41.1 Å². The number of hydrogen-bond donors (Lipinski definition) is 1. The van der Waals surface area contributed by atoms with Crippen molar-refractivity contribution >= 4 is 5.82 Å². The molecule has 116 valence electrons. The Morgan fingerprint density at radius 1 is 1.09 bits per heavy atom. The van der Waals surface area contributed by atoms with Gasteiger partial charge in [0.25, 0.3) is 0 Å². The van der Waals surface area contributed by atoms with Gasteiger partial charge in [-0.3, -0.25) is 0 Å². The van der Waals surface area contributed by atoms with Crippen molar-refractivity contribution in [3.63, 3.8) is 0 Å². The standard InChI is InChI=1S/C18H24N4/c1-4-15-14(3)20-17(16-8-6-5-7-13(16)2)21-18(15)22-11-9-19-10-12-22/h5-8,19H,4,9-12H2,1-3H3. The van der Waals surface area contributed by atoms with Crippen LogP contribution in [-0.4, -0.2) is 36.1 Å². The molecule has 0 unspecified atom stereocenters. The zero-order chi connectivity index (χ0) is 15.5. The van der Waals surface area contributed by atoms with Crippen LogP contribution in [0.25, 0.3) is 11.4 Å². The fourth-order valence-electron chi connectivity index (χ4n) is 3.08. The van der Waals surface area contributed by atoms with Gasteiger partial charge >= 0.3 is 0 Å². The first-order chi connectivity index (χ1) is 10.7. The Balaban J connectivity index is 2.10. The van der Waals surface area contributed by atoms with Gasteiger partial charge in [-0.1, -0.05) is 31.2 Å². The van der Waals surface area contributed by atoms with Gasteiger partial charge in [0.2, 0.25) is 0 Å². The van der Waals surface area contributed by atoms with Crippen molar-refractivity contribution in [2.45, 2.75) is 27.2 Å². The van der Waals surface area contributed by atoms with E-state index in [-0.39, 0.29) is 0 Å². The third kappa shape index (κ3) is 2.83. The first-order valence-corrected chi connectivity index (χ1v) is 8.10. The summed E-state index contributed by atoms with van der Waals surface area (Å²) in [5.74, 6) is 1.97. The van der Waals surface area contributed by atoms with E-state index in [0.29, 0.717) is 0 Å². The van der Waals surface area contributed by atoms with Crippen LogP contribution in [0.5, 0.6) is 0 Å². The van der Waals surface area contributed by atoms with Crippen LogP contribution in [-0.2, 0) is 6.42 Å². The van der Waals surface area contributed by atoms with E-state index in [2.05, 4.69) is 55.3 Å². The highest BCUT2D eigenvalue weighted by molar-refractivity contribution is 5.63. The Morgan fingerprint density at radius 3 is 2.50 bits per heavy atom. The lowest BCUT2D eigenvalue weighted by Gasteiger charge is -2.30. The number of hydrogen-bond acceptors (Lipinski definition) is 4. The van der Waals surface area contributed by atoms with Crippen molar-refractivity contribution in [1.82, 2.24) is 15.3 Å². The second-order valence-corrected chi connectivity index (χ2v) is 5.84. The van der Waals surface area contributed by atoms with Crippen molar-refractivity contribution in [2.24, 2.45) is 0 Å². The minimum Gasteiger partial charge on any atom is -0.354 e. The molecule has 0 spiro atoms. The molecule has 0 saturated carbocycles. The number of rotatable bonds is 3. The van der Waals surface area contributed by atoms with Gasteiger partial charge < -0.3 is 10.2 Å². The third-order valence-electron chi connectivity index (χ3n) is 4.35. The van der Waals surface area contributed by atoms with E-state index in [1.807, 2.05) is 0 Å². The molecule has 0 bridgehead atoms. The smallest absolute Gasteiger partial charge is 0.162 e. The average Bonchev–Trinajstić information content (AvgIpc) is 2.55. The summed E-state index contributed by atoms with van der Waals surface area (Å²) in [5, 5.41) is 3.41. The molecule has 1 aliphatic rings. The molecule has 4 nitrogen and oxygen atoms in total. The number of anilines is 1. The summed E-state index contributed by atoms with van der Waals surface area (Å²) >= 11 is 0. The Bertz CT molecular complexity index is 660. The summed E-state index contributed by atoms with van der Waals surface area (Å²) in [6, 6.07) is 8.34. The Morgan fingerprint density at radius 2 is 1.82 bits per heavy atom. The van der Waals surface area contributed by atoms with Crippen LogP contribution >= 0.6 is 0 Å². The molecule has 0 amide bonds. The molecule has 1 aromatic carbocycles. The molecule has 1 aliphatic heterocycles. The van der Waals surface area contributed by atoms with E-state index >= 15 is 0 Å². The van der Waals surface area contributed by atoms with Gasteiger partial charge in [0.1, 0.15) is 5.82 Å². The lowest BCUT2D eigenvalue weighted by atomic mass is 10.1.